The van der Waals surface area contributed by atoms with Crippen molar-refractivity contribution in [2.45, 2.75) is 33.6 Å². The van der Waals surface area contributed by atoms with E-state index < -0.39 is 29.7 Å². The number of ether oxygens (including phenoxy) is 2. The van der Waals surface area contributed by atoms with Crippen molar-refractivity contribution in [2.24, 2.45) is 23.2 Å². The summed E-state index contributed by atoms with van der Waals surface area (Å²) < 4.78 is 10.1. The smallest absolute Gasteiger partial charge is 0.318 e. The van der Waals surface area contributed by atoms with Gasteiger partial charge in [-0.15, -0.1) is 0 Å². The molecule has 0 N–H and O–H groups in total. The highest BCUT2D eigenvalue weighted by Gasteiger charge is 2.54. The summed E-state index contributed by atoms with van der Waals surface area (Å²) in [6.07, 6.45) is 5.20. The van der Waals surface area contributed by atoms with Crippen LogP contribution in [0.2, 0.25) is 0 Å². The van der Waals surface area contributed by atoms with Crippen LogP contribution in [0, 0.1) is 23.2 Å². The number of rotatable bonds is 1. The molecule has 5 heteroatoms. The van der Waals surface area contributed by atoms with Crippen LogP contribution in [0.3, 0.4) is 0 Å². The van der Waals surface area contributed by atoms with Gasteiger partial charge in [-0.05, 0) is 24.3 Å². The lowest BCUT2D eigenvalue weighted by Crippen LogP contribution is -2.37. The van der Waals surface area contributed by atoms with E-state index >= 15 is 0 Å². The first-order valence-corrected chi connectivity index (χ1v) is 7.14. The molecule has 0 radical (unpaired) electrons. The van der Waals surface area contributed by atoms with Gasteiger partial charge in [0.05, 0.1) is 17.8 Å². The summed E-state index contributed by atoms with van der Waals surface area (Å²) in [6.45, 7) is 5.44. The second-order valence-electron chi connectivity index (χ2n) is 6.67. The highest BCUT2D eigenvalue weighted by atomic mass is 16.6. The van der Waals surface area contributed by atoms with Gasteiger partial charge < -0.3 is 9.47 Å². The third-order valence-electron chi connectivity index (χ3n) is 4.36. The van der Waals surface area contributed by atoms with Crippen molar-refractivity contribution >= 4 is 17.9 Å². The Morgan fingerprint density at radius 3 is 2.71 bits per heavy atom. The topological polar surface area (TPSA) is 69.7 Å². The average Bonchev–Trinajstić information content (AvgIpc) is 2.62. The fraction of sp³-hybridized carbons (Fsp3) is 0.562. The average molecular weight is 290 g/mol. The van der Waals surface area contributed by atoms with E-state index in [2.05, 4.69) is 13.8 Å². The predicted octanol–water partition coefficient (Wildman–Crippen LogP) is 2.13. The zero-order valence-electron chi connectivity index (χ0n) is 12.3. The van der Waals surface area contributed by atoms with Crippen molar-refractivity contribution in [1.82, 2.24) is 0 Å². The van der Waals surface area contributed by atoms with E-state index in [1.54, 1.807) is 0 Å². The van der Waals surface area contributed by atoms with E-state index in [0.29, 0.717) is 12.2 Å². The largest absolute Gasteiger partial charge is 0.431 e. The van der Waals surface area contributed by atoms with Gasteiger partial charge in [0.25, 0.3) is 0 Å². The van der Waals surface area contributed by atoms with Crippen molar-refractivity contribution in [3.8, 4) is 0 Å². The molecule has 0 bridgehead atoms. The monoisotopic (exact) mass is 290 g/mol. The maximum absolute atomic E-state index is 12.0. The van der Waals surface area contributed by atoms with Crippen LogP contribution in [0.5, 0.6) is 0 Å². The van der Waals surface area contributed by atoms with Crippen LogP contribution < -0.4 is 0 Å². The molecule has 112 valence electrons. The van der Waals surface area contributed by atoms with Crippen LogP contribution >= 0.6 is 0 Å². The minimum atomic E-state index is -0.556. The number of allylic oxidation sites excluding steroid dienone is 3. The van der Waals surface area contributed by atoms with Gasteiger partial charge in [-0.1, -0.05) is 25.5 Å². The van der Waals surface area contributed by atoms with Crippen molar-refractivity contribution in [3.05, 3.63) is 23.5 Å². The van der Waals surface area contributed by atoms with Gasteiger partial charge in [0.1, 0.15) is 5.76 Å². The normalized spacial score (nSPS) is 33.4. The number of cyclic esters (lactones) is 2. The molecule has 0 aromatic rings. The Balaban J connectivity index is 2.05. The number of fused-ring (bicyclic) bond motifs is 3. The molecule has 3 aliphatic rings. The summed E-state index contributed by atoms with van der Waals surface area (Å²) >= 11 is 0. The molecule has 0 saturated carbocycles. The van der Waals surface area contributed by atoms with Gasteiger partial charge in [-0.3, -0.25) is 14.4 Å². The van der Waals surface area contributed by atoms with Crippen LogP contribution in [0.25, 0.3) is 0 Å². The number of hydrogen-bond acceptors (Lipinski definition) is 5. The van der Waals surface area contributed by atoms with Gasteiger partial charge in [-0.2, -0.15) is 0 Å². The minimum absolute atomic E-state index is 0.146. The van der Waals surface area contributed by atoms with Crippen LogP contribution in [-0.4, -0.2) is 17.9 Å². The molecule has 3 rings (SSSR count). The first-order chi connectivity index (χ1) is 9.78. The Labute approximate surface area is 123 Å². The zero-order chi connectivity index (χ0) is 15.4. The van der Waals surface area contributed by atoms with E-state index in [-0.39, 0.29) is 11.3 Å². The lowest BCUT2D eigenvalue weighted by Gasteiger charge is -2.39. The summed E-state index contributed by atoms with van der Waals surface area (Å²) in [4.78, 5) is 35.1. The van der Waals surface area contributed by atoms with Crippen LogP contribution in [0.1, 0.15) is 33.6 Å². The molecule has 0 unspecified atom stereocenters. The summed E-state index contributed by atoms with van der Waals surface area (Å²) in [5.41, 5.74) is 0.915. The molecule has 0 aromatic carbocycles. The maximum Gasteiger partial charge on any atom is 0.318 e. The van der Waals surface area contributed by atoms with Crippen molar-refractivity contribution in [1.29, 1.82) is 0 Å². The van der Waals surface area contributed by atoms with Gasteiger partial charge in [0, 0.05) is 6.92 Å². The summed E-state index contributed by atoms with van der Waals surface area (Å²) in [6, 6.07) is 0. The SMILES string of the molecule is CC(=O)OC1=CC(C)(C)CC2=CC[C@H]3C(=O)OC(=O)[C@H]3[C@H]21. The number of carbonyl (C=O) groups excluding carboxylic acids is 3. The van der Waals surface area contributed by atoms with Crippen molar-refractivity contribution in [3.63, 3.8) is 0 Å². The molecule has 2 aliphatic carbocycles. The highest BCUT2D eigenvalue weighted by Crippen LogP contribution is 2.51. The van der Waals surface area contributed by atoms with E-state index in [1.807, 2.05) is 12.2 Å². The van der Waals surface area contributed by atoms with E-state index in [9.17, 15) is 14.4 Å². The Kier molecular flexibility index (Phi) is 3.04. The van der Waals surface area contributed by atoms with Gasteiger partial charge in [0.15, 0.2) is 0 Å². The summed E-state index contributed by atoms with van der Waals surface area (Å²) in [5.74, 6) is -2.26. The fourth-order valence-corrected chi connectivity index (χ4v) is 3.65. The Morgan fingerprint density at radius 1 is 1.33 bits per heavy atom. The molecule has 21 heavy (non-hydrogen) atoms. The first-order valence-electron chi connectivity index (χ1n) is 7.14. The lowest BCUT2D eigenvalue weighted by atomic mass is 9.64. The molecule has 1 heterocycles. The molecule has 0 spiro atoms. The second-order valence-corrected chi connectivity index (χ2v) is 6.67. The molecule has 3 atom stereocenters. The third-order valence-corrected chi connectivity index (χ3v) is 4.36. The number of carbonyl (C=O) groups is 3. The standard InChI is InChI=1S/C16H18O5/c1-8(17)20-11-7-16(2,3)6-9-4-5-10-13(12(9)11)15(19)21-14(10)18/h4,7,10,12-13H,5-6H2,1-3H3/t10-,12-,13-/m1/s1. The molecule has 1 saturated heterocycles. The second kappa shape index (κ2) is 4.55. The van der Waals surface area contributed by atoms with E-state index in [4.69, 9.17) is 9.47 Å². The maximum atomic E-state index is 12.0. The predicted molar refractivity (Wildman–Crippen MR) is 72.5 cm³/mol. The molecular weight excluding hydrogens is 272 g/mol. The minimum Gasteiger partial charge on any atom is -0.431 e. The lowest BCUT2D eigenvalue weighted by molar-refractivity contribution is -0.154. The van der Waals surface area contributed by atoms with E-state index in [1.165, 1.54) is 6.92 Å². The van der Waals surface area contributed by atoms with Crippen molar-refractivity contribution < 1.29 is 23.9 Å². The Hall–Kier alpha value is -1.91. The fourth-order valence-electron chi connectivity index (χ4n) is 3.65. The van der Waals surface area contributed by atoms with Crippen LogP contribution in [0.4, 0.5) is 0 Å². The highest BCUT2D eigenvalue weighted by molar-refractivity contribution is 5.97. The van der Waals surface area contributed by atoms with Crippen molar-refractivity contribution in [2.75, 3.05) is 0 Å². The third kappa shape index (κ3) is 2.30. The summed E-state index contributed by atoms with van der Waals surface area (Å²) in [7, 11) is 0. The van der Waals surface area contributed by atoms with Crippen LogP contribution in [0.15, 0.2) is 23.5 Å². The Morgan fingerprint density at radius 2 is 2.05 bits per heavy atom. The first kappa shape index (κ1) is 14.0. The number of esters is 3. The van der Waals surface area contributed by atoms with Gasteiger partial charge >= 0.3 is 17.9 Å². The quantitative estimate of drug-likeness (QED) is 0.420. The summed E-state index contributed by atoms with van der Waals surface area (Å²) in [5, 5.41) is 0. The van der Waals surface area contributed by atoms with Gasteiger partial charge in [-0.25, -0.2) is 0 Å². The van der Waals surface area contributed by atoms with Gasteiger partial charge in [0.2, 0.25) is 0 Å². The molecule has 0 aromatic heterocycles. The number of hydrogen-bond donors (Lipinski definition) is 0. The molecule has 0 amide bonds. The molecule has 1 fully saturated rings. The Bertz CT molecular complexity index is 596. The molecule has 1 aliphatic heterocycles. The van der Waals surface area contributed by atoms with Crippen LogP contribution in [-0.2, 0) is 23.9 Å². The van der Waals surface area contributed by atoms with E-state index in [0.717, 1.165) is 12.0 Å². The molecule has 5 nitrogen and oxygen atoms in total. The molecular formula is C16H18O5. The zero-order valence-corrected chi connectivity index (χ0v) is 12.3.